The monoisotopic (exact) mass is 328 g/mol. The molecule has 2 heterocycles. The number of rotatable bonds is 2. The number of fused-ring (bicyclic) bond motifs is 1. The molecular weight excluding hydrogens is 312 g/mol. The average Bonchev–Trinajstić information content (AvgIpc) is 2.96. The van der Waals surface area contributed by atoms with Crippen LogP contribution in [0.2, 0.25) is 0 Å². The van der Waals surface area contributed by atoms with Crippen LogP contribution in [0, 0.1) is 0 Å². The molecule has 1 atom stereocenters. The number of Topliss-reactive ketones (excluding diaryl/α,β-unsaturated/α-hetero) is 1. The zero-order chi connectivity index (χ0) is 16.0. The maximum atomic E-state index is 12.6. The third kappa shape index (κ3) is 2.31. The number of carbonyl (C=O) groups excluding carboxylic acids is 1. The van der Waals surface area contributed by atoms with Crippen molar-refractivity contribution in [3.63, 3.8) is 0 Å². The van der Waals surface area contributed by atoms with Crippen molar-refractivity contribution in [3.05, 3.63) is 41.1 Å². The number of thioether (sulfide) groups is 1. The molecule has 1 unspecified atom stereocenters. The van der Waals surface area contributed by atoms with E-state index in [9.17, 15) is 9.90 Å². The highest BCUT2D eigenvalue weighted by Crippen LogP contribution is 2.40. The summed E-state index contributed by atoms with van der Waals surface area (Å²) in [6.45, 7) is 0. The van der Waals surface area contributed by atoms with E-state index in [4.69, 9.17) is 0 Å². The minimum Gasteiger partial charge on any atom is -0.508 e. The standard InChI is InChI=1S/C16H16N4O2S/c1-23-16-18-15-17-11-6-3-7-12(22)13(11)14(20(15)19-16)9-4-2-5-10(21)8-9/h2,4-5,8,14,21H,3,6-7H2,1H3,(H,17,18,19). The highest BCUT2D eigenvalue weighted by molar-refractivity contribution is 7.98. The Morgan fingerprint density at radius 1 is 1.39 bits per heavy atom. The van der Waals surface area contributed by atoms with Crippen molar-refractivity contribution < 1.29 is 9.90 Å². The van der Waals surface area contributed by atoms with Crippen LogP contribution in [0.1, 0.15) is 30.9 Å². The predicted molar refractivity (Wildman–Crippen MR) is 87.6 cm³/mol. The van der Waals surface area contributed by atoms with E-state index in [0.717, 1.165) is 29.7 Å². The molecule has 23 heavy (non-hydrogen) atoms. The molecule has 1 aliphatic carbocycles. The summed E-state index contributed by atoms with van der Waals surface area (Å²) < 4.78 is 1.75. The summed E-state index contributed by atoms with van der Waals surface area (Å²) in [6.07, 6.45) is 4.15. The van der Waals surface area contributed by atoms with Crippen LogP contribution in [-0.4, -0.2) is 31.9 Å². The van der Waals surface area contributed by atoms with Gasteiger partial charge in [-0.2, -0.15) is 4.98 Å². The van der Waals surface area contributed by atoms with Crippen LogP contribution in [0.4, 0.5) is 5.95 Å². The largest absolute Gasteiger partial charge is 0.508 e. The summed E-state index contributed by atoms with van der Waals surface area (Å²) in [4.78, 5) is 17.0. The number of allylic oxidation sites excluding steroid dienone is 2. The van der Waals surface area contributed by atoms with Crippen molar-refractivity contribution in [2.45, 2.75) is 30.5 Å². The van der Waals surface area contributed by atoms with E-state index in [1.54, 1.807) is 22.9 Å². The number of aromatic nitrogens is 3. The van der Waals surface area contributed by atoms with Gasteiger partial charge in [-0.1, -0.05) is 23.9 Å². The Kier molecular flexibility index (Phi) is 3.37. The Balaban J connectivity index is 1.92. The quantitative estimate of drug-likeness (QED) is 0.825. The van der Waals surface area contributed by atoms with Gasteiger partial charge in [0.25, 0.3) is 0 Å². The SMILES string of the molecule is CSc1nc2n(n1)C(c1cccc(O)c1)C1=C(CCCC1=O)N2. The highest BCUT2D eigenvalue weighted by atomic mass is 32.2. The first kappa shape index (κ1) is 14.3. The maximum absolute atomic E-state index is 12.6. The highest BCUT2D eigenvalue weighted by Gasteiger charge is 2.36. The summed E-state index contributed by atoms with van der Waals surface area (Å²) in [5.74, 6) is 0.966. The van der Waals surface area contributed by atoms with E-state index in [-0.39, 0.29) is 17.6 Å². The minimum absolute atomic E-state index is 0.138. The van der Waals surface area contributed by atoms with Crippen molar-refractivity contribution in [1.82, 2.24) is 14.8 Å². The van der Waals surface area contributed by atoms with E-state index in [0.29, 0.717) is 17.5 Å². The normalized spacial score (nSPS) is 20.0. The number of nitrogens with one attached hydrogen (secondary N) is 1. The molecule has 0 fully saturated rings. The van der Waals surface area contributed by atoms with Crippen LogP contribution in [-0.2, 0) is 4.79 Å². The fourth-order valence-electron chi connectivity index (χ4n) is 3.23. The molecule has 6 nitrogen and oxygen atoms in total. The summed E-state index contributed by atoms with van der Waals surface area (Å²) in [7, 11) is 0. The molecule has 0 bridgehead atoms. The van der Waals surface area contributed by atoms with Gasteiger partial charge in [0, 0.05) is 17.7 Å². The van der Waals surface area contributed by atoms with Gasteiger partial charge in [0.05, 0.1) is 0 Å². The lowest BCUT2D eigenvalue weighted by molar-refractivity contribution is -0.116. The lowest BCUT2D eigenvalue weighted by Gasteiger charge is -2.32. The molecule has 2 aliphatic rings. The van der Waals surface area contributed by atoms with E-state index >= 15 is 0 Å². The number of hydrogen-bond acceptors (Lipinski definition) is 6. The van der Waals surface area contributed by atoms with Gasteiger partial charge in [0.1, 0.15) is 11.8 Å². The summed E-state index contributed by atoms with van der Waals surface area (Å²) in [5, 5.41) is 18.3. The predicted octanol–water partition coefficient (Wildman–Crippen LogP) is 2.73. The van der Waals surface area contributed by atoms with Crippen LogP contribution >= 0.6 is 11.8 Å². The van der Waals surface area contributed by atoms with Crippen molar-refractivity contribution in [2.24, 2.45) is 0 Å². The fraction of sp³-hybridized carbons (Fsp3) is 0.312. The van der Waals surface area contributed by atoms with E-state index < -0.39 is 0 Å². The maximum Gasteiger partial charge on any atom is 0.227 e. The van der Waals surface area contributed by atoms with Crippen molar-refractivity contribution >= 4 is 23.5 Å². The fourth-order valence-corrected chi connectivity index (χ4v) is 3.57. The number of nitrogens with zero attached hydrogens (tertiary/aromatic N) is 3. The average molecular weight is 328 g/mol. The van der Waals surface area contributed by atoms with Gasteiger partial charge in [0.15, 0.2) is 5.78 Å². The lowest BCUT2D eigenvalue weighted by Crippen LogP contribution is -2.31. The summed E-state index contributed by atoms with van der Waals surface area (Å²) >= 11 is 1.46. The Bertz CT molecular complexity index is 827. The first-order chi connectivity index (χ1) is 11.2. The Hall–Kier alpha value is -2.28. The summed E-state index contributed by atoms with van der Waals surface area (Å²) in [5.41, 5.74) is 2.52. The van der Waals surface area contributed by atoms with Gasteiger partial charge in [0.2, 0.25) is 11.1 Å². The molecule has 118 valence electrons. The number of phenols is 1. The molecule has 2 N–H and O–H groups in total. The molecule has 7 heteroatoms. The minimum atomic E-state index is -0.338. The molecule has 0 spiro atoms. The van der Waals surface area contributed by atoms with Crippen LogP contribution in [0.25, 0.3) is 0 Å². The molecule has 0 radical (unpaired) electrons. The topological polar surface area (TPSA) is 80.0 Å². The third-order valence-electron chi connectivity index (χ3n) is 4.22. The molecular formula is C16H16N4O2S. The zero-order valence-electron chi connectivity index (χ0n) is 12.6. The molecule has 1 aromatic carbocycles. The van der Waals surface area contributed by atoms with Crippen molar-refractivity contribution in [2.75, 3.05) is 11.6 Å². The van der Waals surface area contributed by atoms with Crippen LogP contribution in [0.15, 0.2) is 40.7 Å². The number of ketones is 1. The van der Waals surface area contributed by atoms with Gasteiger partial charge in [-0.15, -0.1) is 5.10 Å². The molecule has 1 aromatic heterocycles. The number of aromatic hydroxyl groups is 1. The smallest absolute Gasteiger partial charge is 0.227 e. The second-order valence-electron chi connectivity index (χ2n) is 5.66. The first-order valence-corrected chi connectivity index (χ1v) is 8.72. The Morgan fingerprint density at radius 3 is 3.04 bits per heavy atom. The number of benzene rings is 1. The number of anilines is 1. The zero-order valence-corrected chi connectivity index (χ0v) is 13.4. The second kappa shape index (κ2) is 5.42. The third-order valence-corrected chi connectivity index (χ3v) is 4.76. The Morgan fingerprint density at radius 2 is 2.26 bits per heavy atom. The van der Waals surface area contributed by atoms with Crippen LogP contribution < -0.4 is 5.32 Å². The first-order valence-electron chi connectivity index (χ1n) is 7.50. The molecule has 0 saturated carbocycles. The van der Waals surface area contributed by atoms with E-state index in [1.807, 2.05) is 12.3 Å². The van der Waals surface area contributed by atoms with Gasteiger partial charge in [-0.25, -0.2) is 4.68 Å². The van der Waals surface area contributed by atoms with Gasteiger partial charge < -0.3 is 10.4 Å². The molecule has 0 saturated heterocycles. The van der Waals surface area contributed by atoms with Gasteiger partial charge >= 0.3 is 0 Å². The van der Waals surface area contributed by atoms with E-state index in [1.165, 1.54) is 11.8 Å². The Labute approximate surface area is 137 Å². The number of hydrogen-bond donors (Lipinski definition) is 2. The molecule has 4 rings (SSSR count). The summed E-state index contributed by atoms with van der Waals surface area (Å²) in [6, 6.07) is 6.67. The molecule has 2 aromatic rings. The molecule has 0 amide bonds. The van der Waals surface area contributed by atoms with Crippen LogP contribution in [0.5, 0.6) is 5.75 Å². The van der Waals surface area contributed by atoms with Gasteiger partial charge in [-0.3, -0.25) is 4.79 Å². The van der Waals surface area contributed by atoms with Crippen molar-refractivity contribution in [1.29, 1.82) is 0 Å². The lowest BCUT2D eigenvalue weighted by atomic mass is 9.85. The second-order valence-corrected chi connectivity index (χ2v) is 6.43. The molecule has 1 aliphatic heterocycles. The van der Waals surface area contributed by atoms with Crippen LogP contribution in [0.3, 0.4) is 0 Å². The number of phenolic OH excluding ortho intramolecular Hbond substituents is 1. The number of carbonyl (C=O) groups is 1. The van der Waals surface area contributed by atoms with Crippen molar-refractivity contribution in [3.8, 4) is 5.75 Å². The van der Waals surface area contributed by atoms with Gasteiger partial charge in [-0.05, 0) is 36.8 Å². The van der Waals surface area contributed by atoms with E-state index in [2.05, 4.69) is 15.4 Å².